The molecule has 22 heavy (non-hydrogen) atoms. The Morgan fingerprint density at radius 3 is 2.50 bits per heavy atom. The smallest absolute Gasteiger partial charge is 0.244 e. The number of rotatable bonds is 6. The van der Waals surface area contributed by atoms with E-state index in [0.717, 1.165) is 16.3 Å². The van der Waals surface area contributed by atoms with Gasteiger partial charge >= 0.3 is 0 Å². The van der Waals surface area contributed by atoms with Crippen molar-refractivity contribution in [3.05, 3.63) is 48.2 Å². The molecule has 0 fully saturated rings. The lowest BCUT2D eigenvalue weighted by atomic mass is 10.2. The number of methoxy groups -OCH3 is 1. The highest BCUT2D eigenvalue weighted by atomic mass is 32.2. The molecular formula is C15H18N2O3S2. The average molecular weight is 338 g/mol. The number of nitrogens with zero attached hydrogens (tertiary/aromatic N) is 2. The van der Waals surface area contributed by atoms with Gasteiger partial charge < -0.3 is 4.74 Å². The molecule has 1 heterocycles. The van der Waals surface area contributed by atoms with Crippen LogP contribution >= 0.6 is 11.8 Å². The molecule has 1 aromatic heterocycles. The van der Waals surface area contributed by atoms with Gasteiger partial charge in [-0.25, -0.2) is 17.7 Å². The highest BCUT2D eigenvalue weighted by Gasteiger charge is 2.17. The number of pyridine rings is 1. The summed E-state index contributed by atoms with van der Waals surface area (Å²) in [6.45, 7) is 0. The highest BCUT2D eigenvalue weighted by molar-refractivity contribution is 7.98. The second-order valence-corrected chi connectivity index (χ2v) is 7.87. The summed E-state index contributed by atoms with van der Waals surface area (Å²) < 4.78 is 30.4. The van der Waals surface area contributed by atoms with Crippen LogP contribution in [-0.4, -0.2) is 38.9 Å². The largest absolute Gasteiger partial charge is 0.496 e. The van der Waals surface area contributed by atoms with E-state index in [1.165, 1.54) is 36.4 Å². The molecule has 2 rings (SSSR count). The van der Waals surface area contributed by atoms with E-state index in [1.54, 1.807) is 19.2 Å². The molecule has 0 radical (unpaired) electrons. The minimum absolute atomic E-state index is 0.194. The van der Waals surface area contributed by atoms with E-state index >= 15 is 0 Å². The molecule has 7 heteroatoms. The zero-order valence-corrected chi connectivity index (χ0v) is 14.3. The van der Waals surface area contributed by atoms with Crippen LogP contribution in [0.25, 0.3) is 0 Å². The van der Waals surface area contributed by atoms with Crippen LogP contribution in [0, 0.1) is 0 Å². The van der Waals surface area contributed by atoms with Crippen molar-refractivity contribution < 1.29 is 13.2 Å². The Morgan fingerprint density at radius 2 is 1.91 bits per heavy atom. The quantitative estimate of drug-likeness (QED) is 0.758. The monoisotopic (exact) mass is 338 g/mol. The van der Waals surface area contributed by atoms with Crippen LogP contribution in [0.3, 0.4) is 0 Å². The van der Waals surface area contributed by atoms with Crippen molar-refractivity contribution >= 4 is 21.8 Å². The zero-order valence-electron chi connectivity index (χ0n) is 12.7. The van der Waals surface area contributed by atoms with Gasteiger partial charge in [-0.3, -0.25) is 0 Å². The van der Waals surface area contributed by atoms with Crippen molar-refractivity contribution in [3.63, 3.8) is 0 Å². The molecule has 5 nitrogen and oxygen atoms in total. The van der Waals surface area contributed by atoms with Gasteiger partial charge in [-0.15, -0.1) is 11.8 Å². The number of thioether (sulfide) groups is 1. The van der Waals surface area contributed by atoms with Crippen molar-refractivity contribution in [3.8, 4) is 5.75 Å². The lowest BCUT2D eigenvalue weighted by Gasteiger charge is -2.11. The van der Waals surface area contributed by atoms with Crippen molar-refractivity contribution in [2.24, 2.45) is 0 Å². The number of hydrogen-bond donors (Lipinski definition) is 0. The number of para-hydroxylation sites is 1. The van der Waals surface area contributed by atoms with Gasteiger partial charge in [0.05, 0.1) is 12.1 Å². The molecule has 1 aromatic carbocycles. The SMILES string of the molecule is COc1ccccc1CSc1ccc(S(=O)(=O)N(C)C)cn1. The van der Waals surface area contributed by atoms with Crippen LogP contribution in [0.1, 0.15) is 5.56 Å². The maximum absolute atomic E-state index is 12.0. The summed E-state index contributed by atoms with van der Waals surface area (Å²) in [5.74, 6) is 1.54. The van der Waals surface area contributed by atoms with Crippen LogP contribution in [0.5, 0.6) is 5.75 Å². The third-order valence-corrected chi connectivity index (χ3v) is 5.85. The number of hydrogen-bond acceptors (Lipinski definition) is 5. The summed E-state index contributed by atoms with van der Waals surface area (Å²) in [6.07, 6.45) is 1.39. The Hall–Kier alpha value is -1.57. The van der Waals surface area contributed by atoms with Crippen LogP contribution in [0.4, 0.5) is 0 Å². The van der Waals surface area contributed by atoms with E-state index in [4.69, 9.17) is 4.74 Å². The first-order chi connectivity index (χ1) is 10.4. The molecule has 0 aliphatic rings. The van der Waals surface area contributed by atoms with Gasteiger partial charge in [-0.1, -0.05) is 18.2 Å². The maximum atomic E-state index is 12.0. The van der Waals surface area contributed by atoms with Crippen LogP contribution in [0.15, 0.2) is 52.5 Å². The predicted octanol–water partition coefficient (Wildman–Crippen LogP) is 2.63. The minimum atomic E-state index is -3.43. The van der Waals surface area contributed by atoms with Gasteiger partial charge in [0.2, 0.25) is 10.0 Å². The van der Waals surface area contributed by atoms with Gasteiger partial charge in [0.1, 0.15) is 10.6 Å². The van der Waals surface area contributed by atoms with Crippen LogP contribution < -0.4 is 4.74 Å². The molecule has 2 aromatic rings. The topological polar surface area (TPSA) is 59.5 Å². The van der Waals surface area contributed by atoms with Gasteiger partial charge in [0, 0.05) is 31.6 Å². The molecule has 0 aliphatic carbocycles. The fourth-order valence-electron chi connectivity index (χ4n) is 1.79. The normalized spacial score (nSPS) is 11.6. The Bertz CT molecular complexity index is 729. The molecular weight excluding hydrogens is 320 g/mol. The van der Waals surface area contributed by atoms with Crippen molar-refractivity contribution in [2.45, 2.75) is 15.7 Å². The Labute approximate surface area is 135 Å². The molecule has 0 aliphatic heterocycles. The summed E-state index contributed by atoms with van der Waals surface area (Å²) in [7, 11) is 1.21. The fraction of sp³-hybridized carbons (Fsp3) is 0.267. The fourth-order valence-corrected chi connectivity index (χ4v) is 3.47. The van der Waals surface area contributed by atoms with Crippen molar-refractivity contribution in [2.75, 3.05) is 21.2 Å². The third kappa shape index (κ3) is 3.79. The lowest BCUT2D eigenvalue weighted by molar-refractivity contribution is 0.411. The van der Waals surface area contributed by atoms with Crippen LogP contribution in [-0.2, 0) is 15.8 Å². The molecule has 0 N–H and O–H groups in total. The van der Waals surface area contributed by atoms with Crippen molar-refractivity contribution in [1.82, 2.24) is 9.29 Å². The number of benzene rings is 1. The van der Waals surface area contributed by atoms with Crippen molar-refractivity contribution in [1.29, 1.82) is 0 Å². The first kappa shape index (κ1) is 16.8. The lowest BCUT2D eigenvalue weighted by Crippen LogP contribution is -2.22. The summed E-state index contributed by atoms with van der Waals surface area (Å²) in [6, 6.07) is 11.1. The molecule has 0 unspecified atom stereocenters. The predicted molar refractivity (Wildman–Crippen MR) is 87.7 cm³/mol. The summed E-state index contributed by atoms with van der Waals surface area (Å²) in [5, 5.41) is 0.767. The number of aromatic nitrogens is 1. The molecule has 0 spiro atoms. The molecule has 0 amide bonds. The summed E-state index contributed by atoms with van der Waals surface area (Å²) >= 11 is 1.53. The summed E-state index contributed by atoms with van der Waals surface area (Å²) in [5.41, 5.74) is 1.07. The van der Waals surface area contributed by atoms with Gasteiger partial charge in [-0.05, 0) is 18.2 Å². The number of ether oxygens (including phenoxy) is 1. The van der Waals surface area contributed by atoms with E-state index in [1.807, 2.05) is 24.3 Å². The second-order valence-electron chi connectivity index (χ2n) is 4.72. The highest BCUT2D eigenvalue weighted by Crippen LogP contribution is 2.27. The van der Waals surface area contributed by atoms with E-state index in [-0.39, 0.29) is 4.90 Å². The Balaban J connectivity index is 2.09. The molecule has 0 atom stereocenters. The van der Waals surface area contributed by atoms with Gasteiger partial charge in [0.25, 0.3) is 0 Å². The Kier molecular flexibility index (Phi) is 5.44. The van der Waals surface area contributed by atoms with E-state index in [2.05, 4.69) is 4.98 Å². The second kappa shape index (κ2) is 7.13. The molecule has 0 bridgehead atoms. The van der Waals surface area contributed by atoms with Crippen LogP contribution in [0.2, 0.25) is 0 Å². The molecule has 118 valence electrons. The maximum Gasteiger partial charge on any atom is 0.244 e. The van der Waals surface area contributed by atoms with E-state index in [9.17, 15) is 8.42 Å². The number of sulfonamides is 1. The van der Waals surface area contributed by atoms with E-state index < -0.39 is 10.0 Å². The molecule has 0 saturated heterocycles. The summed E-state index contributed by atoms with van der Waals surface area (Å²) in [4.78, 5) is 4.41. The third-order valence-electron chi connectivity index (χ3n) is 3.06. The van der Waals surface area contributed by atoms with Gasteiger partial charge in [-0.2, -0.15) is 0 Å². The minimum Gasteiger partial charge on any atom is -0.496 e. The zero-order chi connectivity index (χ0) is 16.2. The Morgan fingerprint density at radius 1 is 1.18 bits per heavy atom. The standard InChI is InChI=1S/C15H18N2O3S2/c1-17(2)22(18,19)13-8-9-15(16-10-13)21-11-12-6-4-5-7-14(12)20-3/h4-10H,11H2,1-3H3. The molecule has 0 saturated carbocycles. The average Bonchev–Trinajstić information content (AvgIpc) is 2.53. The van der Waals surface area contributed by atoms with E-state index in [0.29, 0.717) is 5.75 Å². The first-order valence-corrected chi connectivity index (χ1v) is 9.01. The van der Waals surface area contributed by atoms with Gasteiger partial charge in [0.15, 0.2) is 0 Å². The first-order valence-electron chi connectivity index (χ1n) is 6.58.